The lowest BCUT2D eigenvalue weighted by Gasteiger charge is -2.43. The van der Waals surface area contributed by atoms with Crippen LogP contribution in [0.25, 0.3) is 38.6 Å². The average molecular weight is 476 g/mol. The number of fused-ring (bicyclic) bond motifs is 3. The fraction of sp³-hybridized carbons (Fsp3) is 0.382. The van der Waals surface area contributed by atoms with Crippen molar-refractivity contribution >= 4 is 27.3 Å². The Kier molecular flexibility index (Phi) is 4.53. The fourth-order valence-electron chi connectivity index (χ4n) is 7.05. The Balaban J connectivity index is 2.02. The number of nitrogens with zero attached hydrogens (tertiary/aromatic N) is 2. The van der Waals surface area contributed by atoms with Crippen LogP contribution >= 0.6 is 0 Å². The van der Waals surface area contributed by atoms with Crippen LogP contribution in [-0.4, -0.2) is 4.40 Å². The quantitative estimate of drug-likeness (QED) is 0.170. The van der Waals surface area contributed by atoms with Crippen molar-refractivity contribution in [2.45, 2.75) is 78.6 Å². The highest BCUT2D eigenvalue weighted by molar-refractivity contribution is 6.15. The maximum Gasteiger partial charge on any atom is 0.295 e. The summed E-state index contributed by atoms with van der Waals surface area (Å²) in [6.07, 6.45) is 0. The van der Waals surface area contributed by atoms with Gasteiger partial charge in [-0.15, -0.1) is 0 Å². The number of rotatable bonds is 1. The molecule has 1 aliphatic heterocycles. The highest BCUT2D eigenvalue weighted by Crippen LogP contribution is 2.54. The zero-order chi connectivity index (χ0) is 25.9. The molecule has 0 unspecified atom stereocenters. The molecule has 184 valence electrons. The van der Waals surface area contributed by atoms with Crippen LogP contribution in [0.4, 0.5) is 0 Å². The molecule has 2 nitrogen and oxygen atoms in total. The molecule has 2 heteroatoms. The van der Waals surface area contributed by atoms with Crippen molar-refractivity contribution in [3.8, 4) is 11.3 Å². The van der Waals surface area contributed by atoms with Crippen LogP contribution in [0.5, 0.6) is 0 Å². The first-order chi connectivity index (χ1) is 16.8. The molecule has 36 heavy (non-hydrogen) atoms. The number of hydrogen-bond donors (Lipinski definition) is 0. The molecule has 0 saturated carbocycles. The third-order valence-electron chi connectivity index (χ3n) is 9.56. The van der Waals surface area contributed by atoms with Crippen LogP contribution in [0.1, 0.15) is 76.4 Å². The first kappa shape index (κ1) is 23.3. The topological polar surface area (TPSA) is 8.29 Å². The number of hydrogen-bond acceptors (Lipinski definition) is 0. The van der Waals surface area contributed by atoms with E-state index in [-0.39, 0.29) is 16.2 Å². The molecule has 0 spiro atoms. The highest BCUT2D eigenvalue weighted by Gasteiger charge is 2.52. The Hall–Kier alpha value is -3.13. The summed E-state index contributed by atoms with van der Waals surface area (Å²) in [7, 11) is 2.28. The highest BCUT2D eigenvalue weighted by atomic mass is 15.1. The van der Waals surface area contributed by atoms with Gasteiger partial charge in [-0.1, -0.05) is 103 Å². The lowest BCUT2D eigenvalue weighted by atomic mass is 9.60. The summed E-state index contributed by atoms with van der Waals surface area (Å²) in [6, 6.07) is 20.5. The Morgan fingerprint density at radius 3 is 2.08 bits per heavy atom. The monoisotopic (exact) mass is 475 g/mol. The summed E-state index contributed by atoms with van der Waals surface area (Å²) >= 11 is 0. The van der Waals surface area contributed by atoms with Crippen molar-refractivity contribution in [2.24, 2.45) is 7.05 Å². The van der Waals surface area contributed by atoms with E-state index >= 15 is 0 Å². The molecular weight excluding hydrogens is 436 g/mol. The molecule has 0 N–H and O–H groups in total. The number of aromatic nitrogens is 2. The second-order valence-corrected chi connectivity index (χ2v) is 13.1. The van der Waals surface area contributed by atoms with E-state index in [0.717, 1.165) is 0 Å². The molecule has 0 aliphatic carbocycles. The predicted molar refractivity (Wildman–Crippen MR) is 153 cm³/mol. The summed E-state index contributed by atoms with van der Waals surface area (Å²) in [4.78, 5) is 0. The number of benzene rings is 3. The summed E-state index contributed by atoms with van der Waals surface area (Å²) < 4.78 is 5.13. The summed E-state index contributed by atoms with van der Waals surface area (Å²) in [6.45, 7) is 21.4. The maximum absolute atomic E-state index is 2.65. The van der Waals surface area contributed by atoms with Gasteiger partial charge >= 0.3 is 0 Å². The van der Waals surface area contributed by atoms with Gasteiger partial charge in [0.2, 0.25) is 0 Å². The standard InChI is InChI=1S/C34H39N2/c1-20-16-18-25-29-26(20)23-17-19-24(32(3,4)5)21(2)27(23)31-35(10)28(22-14-12-11-13-15-22)30(36(29)31)34(8,9)33(25,6)7/h11-19H,1-10H3/q+1. The SMILES string of the molecule is Cc1ccc2c3c1c1ccc(C(C)(C)C)c(C)c1c1n3c(c(-c3ccccc3)[n+]1C)C(C)(C)C2(C)C. The van der Waals surface area contributed by atoms with Crippen molar-refractivity contribution in [1.29, 1.82) is 0 Å². The molecule has 0 bridgehead atoms. The van der Waals surface area contributed by atoms with Crippen LogP contribution < -0.4 is 4.57 Å². The van der Waals surface area contributed by atoms with E-state index in [1.165, 1.54) is 66.5 Å². The Morgan fingerprint density at radius 2 is 1.44 bits per heavy atom. The molecule has 2 aromatic heterocycles. The van der Waals surface area contributed by atoms with Gasteiger partial charge in [-0.2, -0.15) is 4.40 Å². The molecule has 0 atom stereocenters. The van der Waals surface area contributed by atoms with Crippen LogP contribution in [0.3, 0.4) is 0 Å². The minimum absolute atomic E-state index is 0.0369. The van der Waals surface area contributed by atoms with E-state index in [1.54, 1.807) is 0 Å². The largest absolute Gasteiger partial charge is 0.295 e. The van der Waals surface area contributed by atoms with E-state index in [9.17, 15) is 0 Å². The smallest absolute Gasteiger partial charge is 0.225 e. The second-order valence-electron chi connectivity index (χ2n) is 13.1. The van der Waals surface area contributed by atoms with E-state index in [1.807, 2.05) is 0 Å². The van der Waals surface area contributed by atoms with Crippen LogP contribution in [0, 0.1) is 13.8 Å². The van der Waals surface area contributed by atoms with E-state index in [2.05, 4.69) is 133 Å². The number of pyridine rings is 1. The Labute approximate surface area is 215 Å². The van der Waals surface area contributed by atoms with Crippen molar-refractivity contribution in [1.82, 2.24) is 4.40 Å². The molecule has 6 rings (SSSR count). The van der Waals surface area contributed by atoms with Crippen molar-refractivity contribution < 1.29 is 4.57 Å². The van der Waals surface area contributed by atoms with E-state index < -0.39 is 0 Å². The molecule has 3 heterocycles. The molecule has 0 fully saturated rings. The lowest BCUT2D eigenvalue weighted by molar-refractivity contribution is -0.632. The van der Waals surface area contributed by atoms with Gasteiger partial charge in [0.25, 0.3) is 5.65 Å². The predicted octanol–water partition coefficient (Wildman–Crippen LogP) is 8.22. The van der Waals surface area contributed by atoms with Gasteiger partial charge in [-0.3, -0.25) is 0 Å². The fourth-order valence-corrected chi connectivity index (χ4v) is 7.05. The molecule has 1 aliphatic rings. The van der Waals surface area contributed by atoms with Crippen molar-refractivity contribution in [3.63, 3.8) is 0 Å². The van der Waals surface area contributed by atoms with Crippen molar-refractivity contribution in [2.75, 3.05) is 0 Å². The molecule has 0 radical (unpaired) electrons. The third-order valence-corrected chi connectivity index (χ3v) is 9.56. The van der Waals surface area contributed by atoms with E-state index in [4.69, 9.17) is 0 Å². The van der Waals surface area contributed by atoms with Gasteiger partial charge in [0.05, 0.1) is 12.4 Å². The second kappa shape index (κ2) is 7.00. The molecular formula is C34H39N2+. The minimum Gasteiger partial charge on any atom is -0.225 e. The average Bonchev–Trinajstić information content (AvgIpc) is 3.12. The zero-order valence-electron chi connectivity index (χ0n) is 23.6. The zero-order valence-corrected chi connectivity index (χ0v) is 23.6. The molecule has 3 aromatic carbocycles. The van der Waals surface area contributed by atoms with Gasteiger partial charge in [-0.05, 0) is 36.0 Å². The summed E-state index contributed by atoms with van der Waals surface area (Å²) in [5, 5.41) is 4.16. The minimum atomic E-state index is -0.0826. The third kappa shape index (κ3) is 2.65. The van der Waals surface area contributed by atoms with Crippen molar-refractivity contribution in [3.05, 3.63) is 82.5 Å². The number of aryl methyl sites for hydroxylation is 3. The Bertz CT molecular complexity index is 1720. The van der Waals surface area contributed by atoms with Gasteiger partial charge in [0, 0.05) is 32.7 Å². The lowest BCUT2D eigenvalue weighted by Crippen LogP contribution is -2.44. The van der Waals surface area contributed by atoms with Gasteiger partial charge < -0.3 is 0 Å². The summed E-state index contributed by atoms with van der Waals surface area (Å²) in [5.41, 5.74) is 12.3. The van der Waals surface area contributed by atoms with Gasteiger partial charge in [0.15, 0.2) is 11.4 Å². The normalized spacial score (nSPS) is 16.5. The molecule has 0 amide bonds. The van der Waals surface area contributed by atoms with Gasteiger partial charge in [-0.25, -0.2) is 4.57 Å². The van der Waals surface area contributed by atoms with Crippen LogP contribution in [0.2, 0.25) is 0 Å². The summed E-state index contributed by atoms with van der Waals surface area (Å²) in [5.74, 6) is 0. The molecule has 0 saturated heterocycles. The maximum atomic E-state index is 2.65. The molecule has 5 aromatic rings. The Morgan fingerprint density at radius 1 is 0.778 bits per heavy atom. The number of imidazole rings is 1. The first-order valence-electron chi connectivity index (χ1n) is 13.3. The van der Waals surface area contributed by atoms with Crippen LogP contribution in [0.15, 0.2) is 54.6 Å². The van der Waals surface area contributed by atoms with Crippen LogP contribution in [-0.2, 0) is 23.3 Å². The van der Waals surface area contributed by atoms with Gasteiger partial charge in [0.1, 0.15) is 5.52 Å². The first-order valence-corrected chi connectivity index (χ1v) is 13.3. The van der Waals surface area contributed by atoms with E-state index in [0.29, 0.717) is 0 Å².